The van der Waals surface area contributed by atoms with Gasteiger partial charge in [-0.25, -0.2) is 9.78 Å². The number of rotatable bonds is 3. The van der Waals surface area contributed by atoms with Crippen LogP contribution in [0.1, 0.15) is 40.2 Å². The van der Waals surface area contributed by atoms with Gasteiger partial charge in [-0.15, -0.1) is 12.4 Å². The Labute approximate surface area is 129 Å². The van der Waals surface area contributed by atoms with Gasteiger partial charge < -0.3 is 15.1 Å². The summed E-state index contributed by atoms with van der Waals surface area (Å²) in [5.41, 5.74) is 2.88. The van der Waals surface area contributed by atoms with Crippen molar-refractivity contribution < 1.29 is 15.4 Å². The first-order chi connectivity index (χ1) is 9.24. The Bertz CT molecular complexity index is 599. The highest BCUT2D eigenvalue weighted by molar-refractivity contribution is 5.88. The molecule has 5 nitrogen and oxygen atoms in total. The van der Waals surface area contributed by atoms with Crippen LogP contribution in [-0.2, 0) is 13.0 Å². The molecule has 3 rings (SSSR count). The number of aromatic nitrogens is 2. The molecule has 1 aromatic heterocycles. The molecular formula is C15H19ClN2O3. The maximum absolute atomic E-state index is 11.0. The number of aromatic carboxylic acids is 1. The van der Waals surface area contributed by atoms with Crippen LogP contribution in [0, 0.1) is 0 Å². The van der Waals surface area contributed by atoms with Crippen molar-refractivity contribution in [3.05, 3.63) is 53.6 Å². The van der Waals surface area contributed by atoms with E-state index < -0.39 is 5.97 Å². The molecule has 0 spiro atoms. The highest BCUT2D eigenvalue weighted by atomic mass is 35.5. The van der Waals surface area contributed by atoms with Gasteiger partial charge in [-0.05, 0) is 42.5 Å². The van der Waals surface area contributed by atoms with Crippen molar-refractivity contribution in [3.8, 4) is 0 Å². The molecule has 0 saturated heterocycles. The smallest absolute Gasteiger partial charge is 0.335 e. The second-order valence-corrected chi connectivity index (χ2v) is 5.07. The first kappa shape index (κ1) is 17.2. The van der Waals surface area contributed by atoms with E-state index in [2.05, 4.69) is 9.55 Å². The second kappa shape index (κ2) is 7.24. The van der Waals surface area contributed by atoms with Gasteiger partial charge in [0.05, 0.1) is 11.9 Å². The molecule has 0 saturated carbocycles. The highest BCUT2D eigenvalue weighted by Gasteiger charge is 2.21. The van der Waals surface area contributed by atoms with Gasteiger partial charge in [0, 0.05) is 24.9 Å². The first-order valence-corrected chi connectivity index (χ1v) is 6.56. The summed E-state index contributed by atoms with van der Waals surface area (Å²) in [6.45, 7) is 0.916. The largest absolute Gasteiger partial charge is 0.478 e. The van der Waals surface area contributed by atoms with Crippen molar-refractivity contribution in [1.29, 1.82) is 0 Å². The topological polar surface area (TPSA) is 86.6 Å². The Hall–Kier alpha value is -1.85. The van der Waals surface area contributed by atoms with Crippen molar-refractivity contribution >= 4 is 18.4 Å². The van der Waals surface area contributed by atoms with Crippen molar-refractivity contribution in [2.75, 3.05) is 0 Å². The normalized spacial score (nSPS) is 16.3. The molecule has 1 aliphatic rings. The number of hydrogen-bond donors (Lipinski definition) is 1. The van der Waals surface area contributed by atoms with Gasteiger partial charge >= 0.3 is 5.97 Å². The predicted molar refractivity (Wildman–Crippen MR) is 82.2 cm³/mol. The van der Waals surface area contributed by atoms with Crippen LogP contribution in [0.5, 0.6) is 0 Å². The Balaban J connectivity index is 0.00000110. The van der Waals surface area contributed by atoms with Crippen molar-refractivity contribution in [3.63, 3.8) is 0 Å². The molecule has 3 N–H and O–H groups in total. The van der Waals surface area contributed by atoms with Crippen molar-refractivity contribution in [2.24, 2.45) is 0 Å². The van der Waals surface area contributed by atoms with E-state index in [1.165, 1.54) is 11.1 Å². The highest BCUT2D eigenvalue weighted by Crippen LogP contribution is 2.33. The molecule has 6 heteroatoms. The van der Waals surface area contributed by atoms with Crippen LogP contribution in [0.15, 0.2) is 36.9 Å². The molecule has 0 radical (unpaired) electrons. The monoisotopic (exact) mass is 310 g/mol. The molecular weight excluding hydrogens is 292 g/mol. The summed E-state index contributed by atoms with van der Waals surface area (Å²) in [6.07, 6.45) is 8.85. The molecule has 1 aromatic carbocycles. The number of aryl methyl sites for hydroxylation is 1. The predicted octanol–water partition coefficient (Wildman–Crippen LogP) is 2.30. The van der Waals surface area contributed by atoms with Gasteiger partial charge in [0.1, 0.15) is 0 Å². The van der Waals surface area contributed by atoms with Gasteiger partial charge in [-0.2, -0.15) is 0 Å². The van der Waals surface area contributed by atoms with E-state index >= 15 is 0 Å². The molecule has 0 bridgehead atoms. The molecule has 0 fully saturated rings. The van der Waals surface area contributed by atoms with E-state index in [1.807, 2.05) is 24.7 Å². The third-order valence-corrected chi connectivity index (χ3v) is 3.82. The molecule has 1 unspecified atom stereocenters. The number of hydrogen-bond acceptors (Lipinski definition) is 2. The molecule has 114 valence electrons. The molecule has 1 atom stereocenters. The fourth-order valence-electron chi connectivity index (χ4n) is 2.89. The average molecular weight is 311 g/mol. The van der Waals surface area contributed by atoms with E-state index in [1.54, 1.807) is 12.3 Å². The van der Waals surface area contributed by atoms with Gasteiger partial charge in [0.2, 0.25) is 0 Å². The maximum atomic E-state index is 11.0. The lowest BCUT2D eigenvalue weighted by molar-refractivity contribution is 0.0696. The number of nitrogens with zero attached hydrogens (tertiary/aromatic N) is 2. The average Bonchev–Trinajstić information content (AvgIpc) is 2.91. The molecule has 1 heterocycles. The molecule has 0 amide bonds. The van der Waals surface area contributed by atoms with Gasteiger partial charge in [-0.1, -0.05) is 6.07 Å². The summed E-state index contributed by atoms with van der Waals surface area (Å²) >= 11 is 0. The summed E-state index contributed by atoms with van der Waals surface area (Å²) in [6, 6.07) is 5.53. The van der Waals surface area contributed by atoms with Crippen LogP contribution in [0.2, 0.25) is 0 Å². The fourth-order valence-corrected chi connectivity index (χ4v) is 2.89. The Morgan fingerprint density at radius 2 is 2.24 bits per heavy atom. The molecule has 0 aliphatic heterocycles. The quantitative estimate of drug-likeness (QED) is 0.943. The summed E-state index contributed by atoms with van der Waals surface area (Å²) in [4.78, 5) is 15.1. The molecule has 21 heavy (non-hydrogen) atoms. The van der Waals surface area contributed by atoms with E-state index in [9.17, 15) is 4.79 Å². The van der Waals surface area contributed by atoms with E-state index in [4.69, 9.17) is 5.11 Å². The summed E-state index contributed by atoms with van der Waals surface area (Å²) in [5.74, 6) is -0.389. The van der Waals surface area contributed by atoms with Crippen LogP contribution < -0.4 is 0 Å². The van der Waals surface area contributed by atoms with Crippen molar-refractivity contribution in [2.45, 2.75) is 31.7 Å². The molecule has 2 aromatic rings. The Kier molecular flexibility index (Phi) is 5.93. The number of imidazole rings is 1. The molecule has 1 aliphatic carbocycles. The van der Waals surface area contributed by atoms with Crippen LogP contribution in [0.3, 0.4) is 0 Å². The SMILES string of the molecule is Cl.O.O=C(O)c1ccc2c(c1)CCCC2Cn1ccnc1. The van der Waals surface area contributed by atoms with E-state index in [0.717, 1.165) is 25.8 Å². The lowest BCUT2D eigenvalue weighted by Gasteiger charge is -2.26. The Morgan fingerprint density at radius 1 is 1.43 bits per heavy atom. The maximum Gasteiger partial charge on any atom is 0.335 e. The fraction of sp³-hybridized carbons (Fsp3) is 0.333. The zero-order valence-corrected chi connectivity index (χ0v) is 12.3. The van der Waals surface area contributed by atoms with E-state index in [-0.39, 0.29) is 17.9 Å². The minimum atomic E-state index is -0.848. The number of halogens is 1. The number of carboxylic acids is 1. The minimum Gasteiger partial charge on any atom is -0.478 e. The minimum absolute atomic E-state index is 0. The number of benzene rings is 1. The number of carbonyl (C=O) groups is 1. The third-order valence-electron chi connectivity index (χ3n) is 3.82. The zero-order valence-electron chi connectivity index (χ0n) is 11.5. The van der Waals surface area contributed by atoms with Crippen LogP contribution in [-0.4, -0.2) is 26.1 Å². The summed E-state index contributed by atoms with van der Waals surface area (Å²) in [5, 5.41) is 9.05. The van der Waals surface area contributed by atoms with Gasteiger partial charge in [0.25, 0.3) is 0 Å². The number of fused-ring (bicyclic) bond motifs is 1. The Morgan fingerprint density at radius 3 is 2.90 bits per heavy atom. The standard InChI is InChI=1S/C15H16N2O2.ClH.H2O/c18-15(19)12-4-5-14-11(8-12)2-1-3-13(14)9-17-7-6-16-10-17;;/h4-8,10,13H,1-3,9H2,(H,18,19);1H;1H2. The van der Waals surface area contributed by atoms with Crippen LogP contribution in [0.25, 0.3) is 0 Å². The first-order valence-electron chi connectivity index (χ1n) is 6.56. The summed E-state index contributed by atoms with van der Waals surface area (Å²) < 4.78 is 2.09. The zero-order chi connectivity index (χ0) is 13.2. The lowest BCUT2D eigenvalue weighted by atomic mass is 9.82. The second-order valence-electron chi connectivity index (χ2n) is 5.07. The van der Waals surface area contributed by atoms with Crippen molar-refractivity contribution in [1.82, 2.24) is 9.55 Å². The number of carboxylic acid groups (broad SMARTS) is 1. The third kappa shape index (κ3) is 3.62. The summed E-state index contributed by atoms with van der Waals surface area (Å²) in [7, 11) is 0. The van der Waals surface area contributed by atoms with Gasteiger partial charge in [-0.3, -0.25) is 0 Å². The van der Waals surface area contributed by atoms with Crippen LogP contribution in [0.4, 0.5) is 0 Å². The van der Waals surface area contributed by atoms with Gasteiger partial charge in [0.15, 0.2) is 0 Å². The lowest BCUT2D eigenvalue weighted by Crippen LogP contribution is -2.15. The van der Waals surface area contributed by atoms with E-state index in [0.29, 0.717) is 11.5 Å². The van der Waals surface area contributed by atoms with Crippen LogP contribution >= 0.6 is 12.4 Å².